The number of rotatable bonds is 2. The summed E-state index contributed by atoms with van der Waals surface area (Å²) in [6, 6.07) is 3.79. The van der Waals surface area contributed by atoms with Gasteiger partial charge in [-0.2, -0.15) is 0 Å². The Balaban J connectivity index is 2.55. The van der Waals surface area contributed by atoms with Crippen molar-refractivity contribution in [2.45, 2.75) is 6.92 Å². The standard InChI is InChI=1S/C9H10O/c1-2-3-4-6-9-7-5-8-10-9/h2-8H,1H3. The van der Waals surface area contributed by atoms with E-state index in [4.69, 9.17) is 4.42 Å². The summed E-state index contributed by atoms with van der Waals surface area (Å²) in [6.45, 7) is 1.98. The first-order chi connectivity index (χ1) is 4.93. The average molecular weight is 134 g/mol. The van der Waals surface area contributed by atoms with Crippen molar-refractivity contribution >= 4 is 6.08 Å². The van der Waals surface area contributed by atoms with Gasteiger partial charge >= 0.3 is 0 Å². The fourth-order valence-electron chi connectivity index (χ4n) is 0.648. The Hall–Kier alpha value is -1.24. The van der Waals surface area contributed by atoms with Crippen LogP contribution in [0.1, 0.15) is 12.7 Å². The van der Waals surface area contributed by atoms with Gasteiger partial charge in [0.15, 0.2) is 0 Å². The smallest absolute Gasteiger partial charge is 0.126 e. The molecule has 0 spiro atoms. The minimum absolute atomic E-state index is 0.887. The van der Waals surface area contributed by atoms with Gasteiger partial charge in [-0.25, -0.2) is 0 Å². The first-order valence-electron chi connectivity index (χ1n) is 3.26. The molecule has 1 heteroatoms. The molecule has 0 radical (unpaired) electrons. The lowest BCUT2D eigenvalue weighted by Gasteiger charge is -1.78. The average Bonchev–Trinajstić information content (AvgIpc) is 2.41. The van der Waals surface area contributed by atoms with E-state index in [1.165, 1.54) is 0 Å². The molecular formula is C9H10O. The van der Waals surface area contributed by atoms with E-state index in [1.807, 2.05) is 43.4 Å². The molecule has 0 unspecified atom stereocenters. The van der Waals surface area contributed by atoms with Gasteiger partial charge in [0.2, 0.25) is 0 Å². The van der Waals surface area contributed by atoms with E-state index in [1.54, 1.807) is 6.26 Å². The van der Waals surface area contributed by atoms with E-state index in [2.05, 4.69) is 0 Å². The van der Waals surface area contributed by atoms with E-state index in [0.717, 1.165) is 5.76 Å². The van der Waals surface area contributed by atoms with Gasteiger partial charge in [-0.15, -0.1) is 0 Å². The minimum atomic E-state index is 0.887. The van der Waals surface area contributed by atoms with E-state index in [-0.39, 0.29) is 0 Å². The molecule has 0 fully saturated rings. The molecule has 0 saturated heterocycles. The molecule has 0 atom stereocenters. The van der Waals surface area contributed by atoms with E-state index >= 15 is 0 Å². The van der Waals surface area contributed by atoms with Crippen molar-refractivity contribution in [3.8, 4) is 0 Å². The summed E-state index contributed by atoms with van der Waals surface area (Å²) in [5, 5.41) is 0. The molecule has 1 aromatic rings. The summed E-state index contributed by atoms with van der Waals surface area (Å²) < 4.78 is 5.06. The second-order valence-electron chi connectivity index (χ2n) is 1.90. The Labute approximate surface area is 60.7 Å². The van der Waals surface area contributed by atoms with Crippen molar-refractivity contribution in [3.63, 3.8) is 0 Å². The Morgan fingerprint density at radius 2 is 2.30 bits per heavy atom. The molecule has 1 nitrogen and oxygen atoms in total. The second kappa shape index (κ2) is 3.72. The lowest BCUT2D eigenvalue weighted by Crippen LogP contribution is -1.56. The van der Waals surface area contributed by atoms with Crippen molar-refractivity contribution in [1.29, 1.82) is 0 Å². The third kappa shape index (κ3) is 1.94. The molecule has 52 valence electrons. The predicted octanol–water partition coefficient (Wildman–Crippen LogP) is 2.87. The molecule has 0 amide bonds. The molecule has 1 aromatic heterocycles. The van der Waals surface area contributed by atoms with Gasteiger partial charge < -0.3 is 4.42 Å². The van der Waals surface area contributed by atoms with Gasteiger partial charge in [0.25, 0.3) is 0 Å². The summed E-state index contributed by atoms with van der Waals surface area (Å²) >= 11 is 0. The molecule has 1 rings (SSSR count). The molecule has 0 N–H and O–H groups in total. The normalized spacial score (nSPS) is 11.7. The van der Waals surface area contributed by atoms with Crippen LogP contribution in [0.2, 0.25) is 0 Å². The van der Waals surface area contributed by atoms with Crippen molar-refractivity contribution in [1.82, 2.24) is 0 Å². The van der Waals surface area contributed by atoms with Crippen molar-refractivity contribution in [2.24, 2.45) is 0 Å². The van der Waals surface area contributed by atoms with Gasteiger partial charge in [0.1, 0.15) is 5.76 Å². The van der Waals surface area contributed by atoms with Crippen LogP contribution in [0.4, 0.5) is 0 Å². The summed E-state index contributed by atoms with van der Waals surface area (Å²) in [5.74, 6) is 0.887. The SMILES string of the molecule is CC=CC=Cc1ccco1. The lowest BCUT2D eigenvalue weighted by atomic mass is 10.4. The van der Waals surface area contributed by atoms with Crippen LogP contribution in [-0.4, -0.2) is 0 Å². The predicted molar refractivity (Wildman–Crippen MR) is 42.6 cm³/mol. The van der Waals surface area contributed by atoms with Gasteiger partial charge in [-0.1, -0.05) is 18.2 Å². The topological polar surface area (TPSA) is 13.1 Å². The summed E-state index contributed by atoms with van der Waals surface area (Å²) in [4.78, 5) is 0. The maximum Gasteiger partial charge on any atom is 0.126 e. The van der Waals surface area contributed by atoms with Crippen LogP contribution in [0.15, 0.2) is 41.0 Å². The van der Waals surface area contributed by atoms with E-state index in [9.17, 15) is 0 Å². The molecule has 10 heavy (non-hydrogen) atoms. The molecule has 0 bridgehead atoms. The minimum Gasteiger partial charge on any atom is -0.465 e. The molecular weight excluding hydrogens is 124 g/mol. The Morgan fingerprint density at radius 1 is 1.40 bits per heavy atom. The van der Waals surface area contributed by atoms with Crippen LogP contribution in [0.5, 0.6) is 0 Å². The molecule has 0 saturated carbocycles. The molecule has 1 heterocycles. The zero-order chi connectivity index (χ0) is 7.23. The highest BCUT2D eigenvalue weighted by Crippen LogP contribution is 2.01. The van der Waals surface area contributed by atoms with Crippen LogP contribution in [0, 0.1) is 0 Å². The number of allylic oxidation sites excluding steroid dienone is 3. The van der Waals surface area contributed by atoms with Gasteiger partial charge in [-0.05, 0) is 25.1 Å². The fourth-order valence-corrected chi connectivity index (χ4v) is 0.648. The first kappa shape index (κ1) is 6.87. The first-order valence-corrected chi connectivity index (χ1v) is 3.26. The fraction of sp³-hybridized carbons (Fsp3) is 0.111. The third-order valence-corrected chi connectivity index (χ3v) is 1.11. The molecule has 0 aromatic carbocycles. The van der Waals surface area contributed by atoms with Crippen LogP contribution < -0.4 is 0 Å². The van der Waals surface area contributed by atoms with Gasteiger partial charge in [0.05, 0.1) is 6.26 Å². The van der Waals surface area contributed by atoms with Crippen LogP contribution in [-0.2, 0) is 0 Å². The number of hydrogen-bond acceptors (Lipinski definition) is 1. The second-order valence-corrected chi connectivity index (χ2v) is 1.90. The van der Waals surface area contributed by atoms with Crippen molar-refractivity contribution < 1.29 is 4.42 Å². The number of hydrogen-bond donors (Lipinski definition) is 0. The molecule has 0 aliphatic rings. The highest BCUT2D eigenvalue weighted by atomic mass is 16.3. The third-order valence-electron chi connectivity index (χ3n) is 1.11. The Morgan fingerprint density at radius 3 is 2.90 bits per heavy atom. The summed E-state index contributed by atoms with van der Waals surface area (Å²) in [6.07, 6.45) is 9.45. The Kier molecular flexibility index (Phi) is 2.56. The lowest BCUT2D eigenvalue weighted by molar-refractivity contribution is 0.557. The van der Waals surface area contributed by atoms with Crippen LogP contribution in [0.3, 0.4) is 0 Å². The van der Waals surface area contributed by atoms with Gasteiger partial charge in [-0.3, -0.25) is 0 Å². The van der Waals surface area contributed by atoms with Gasteiger partial charge in [0, 0.05) is 0 Å². The summed E-state index contributed by atoms with van der Waals surface area (Å²) in [5.41, 5.74) is 0. The van der Waals surface area contributed by atoms with Crippen LogP contribution >= 0.6 is 0 Å². The quantitative estimate of drug-likeness (QED) is 0.567. The monoisotopic (exact) mass is 134 g/mol. The molecule has 0 aliphatic heterocycles. The zero-order valence-corrected chi connectivity index (χ0v) is 5.95. The largest absolute Gasteiger partial charge is 0.465 e. The van der Waals surface area contributed by atoms with Crippen molar-refractivity contribution in [3.05, 3.63) is 42.4 Å². The van der Waals surface area contributed by atoms with E-state index in [0.29, 0.717) is 0 Å². The van der Waals surface area contributed by atoms with Crippen LogP contribution in [0.25, 0.3) is 6.08 Å². The van der Waals surface area contributed by atoms with E-state index < -0.39 is 0 Å². The maximum atomic E-state index is 5.06. The number of furan rings is 1. The maximum absolute atomic E-state index is 5.06. The highest BCUT2D eigenvalue weighted by molar-refractivity contribution is 5.44. The van der Waals surface area contributed by atoms with Crippen molar-refractivity contribution in [2.75, 3.05) is 0 Å². The summed E-state index contributed by atoms with van der Waals surface area (Å²) in [7, 11) is 0. The highest BCUT2D eigenvalue weighted by Gasteiger charge is 1.82. The molecule has 0 aliphatic carbocycles. The zero-order valence-electron chi connectivity index (χ0n) is 5.95. The Bertz CT molecular complexity index is 217.